The molecule has 0 aromatic heterocycles. The zero-order valence-electron chi connectivity index (χ0n) is 20.0. The van der Waals surface area contributed by atoms with E-state index in [1.807, 2.05) is 66.7 Å². The van der Waals surface area contributed by atoms with E-state index in [2.05, 4.69) is 0 Å². The second-order valence-corrected chi connectivity index (χ2v) is 9.69. The molecule has 1 aliphatic rings. The maximum Gasteiger partial charge on any atom is 0.421 e. The lowest BCUT2D eigenvalue weighted by Gasteiger charge is -2.30. The maximum atomic E-state index is 14.1. The van der Waals surface area contributed by atoms with Crippen molar-refractivity contribution in [3.8, 4) is 11.1 Å². The summed E-state index contributed by atoms with van der Waals surface area (Å²) < 4.78 is 5.58. The summed E-state index contributed by atoms with van der Waals surface area (Å²) in [5.41, 5.74) is 2.13. The number of benzene rings is 3. The number of hydrogen-bond donors (Lipinski definition) is 0. The van der Waals surface area contributed by atoms with Gasteiger partial charge in [-0.3, -0.25) is 4.79 Å². The summed E-state index contributed by atoms with van der Waals surface area (Å²) in [5.74, 6) is -0.405. The van der Waals surface area contributed by atoms with Crippen LogP contribution in [0.25, 0.3) is 11.1 Å². The van der Waals surface area contributed by atoms with Crippen LogP contribution in [0, 0.1) is 0 Å². The highest BCUT2D eigenvalue weighted by molar-refractivity contribution is 6.22. The molecule has 5 nitrogen and oxygen atoms in total. The summed E-state index contributed by atoms with van der Waals surface area (Å²) >= 11 is 0. The quantitative estimate of drug-likeness (QED) is 0.453. The van der Waals surface area contributed by atoms with Crippen molar-refractivity contribution >= 4 is 23.5 Å². The van der Waals surface area contributed by atoms with E-state index in [0.717, 1.165) is 21.6 Å². The van der Waals surface area contributed by atoms with E-state index in [1.165, 1.54) is 6.92 Å². The van der Waals surface area contributed by atoms with Gasteiger partial charge >= 0.3 is 6.09 Å². The van der Waals surface area contributed by atoms with Crippen molar-refractivity contribution in [3.63, 3.8) is 0 Å². The van der Waals surface area contributed by atoms with Crippen molar-refractivity contribution in [1.82, 2.24) is 0 Å². The largest absolute Gasteiger partial charge is 0.443 e. The summed E-state index contributed by atoms with van der Waals surface area (Å²) in [5, 5.41) is 0. The molecular weight excluding hydrogens is 426 g/mol. The van der Waals surface area contributed by atoms with Gasteiger partial charge in [-0.2, -0.15) is 0 Å². The Bertz CT molecular complexity index is 1220. The maximum absolute atomic E-state index is 14.1. The zero-order chi connectivity index (χ0) is 24.5. The van der Waals surface area contributed by atoms with Gasteiger partial charge in [0.15, 0.2) is 0 Å². The number of para-hydroxylation sites is 1. The number of anilines is 1. The lowest BCUT2D eigenvalue weighted by molar-refractivity contribution is -0.122. The number of amides is 2. The molecule has 1 heterocycles. The molecule has 174 valence electrons. The summed E-state index contributed by atoms with van der Waals surface area (Å²) in [4.78, 5) is 40.4. The highest BCUT2D eigenvalue weighted by Gasteiger charge is 2.54. The Morgan fingerprint density at radius 3 is 2.06 bits per heavy atom. The van der Waals surface area contributed by atoms with Gasteiger partial charge in [0.1, 0.15) is 16.8 Å². The van der Waals surface area contributed by atoms with Crippen LogP contribution in [0.2, 0.25) is 0 Å². The molecule has 0 aliphatic carbocycles. The zero-order valence-corrected chi connectivity index (χ0v) is 20.0. The molecule has 2 amide bonds. The highest BCUT2D eigenvalue weighted by Crippen LogP contribution is 2.49. The molecule has 0 saturated carbocycles. The SMILES string of the molecule is CC(=O)CC[C@@]1(c2ccc(-c3ccccc3)cc2)C(=O)N(C(=O)OC(C)(C)C)c2ccccc21. The minimum absolute atomic E-state index is 0.0127. The molecule has 0 unspecified atom stereocenters. The van der Waals surface area contributed by atoms with Crippen molar-refractivity contribution in [2.75, 3.05) is 4.90 Å². The average molecular weight is 456 g/mol. The smallest absolute Gasteiger partial charge is 0.421 e. The van der Waals surface area contributed by atoms with E-state index in [1.54, 1.807) is 32.9 Å². The topological polar surface area (TPSA) is 63.7 Å². The fourth-order valence-electron chi connectivity index (χ4n) is 4.54. The van der Waals surface area contributed by atoms with Crippen molar-refractivity contribution in [3.05, 3.63) is 90.0 Å². The van der Waals surface area contributed by atoms with Crippen molar-refractivity contribution in [2.45, 2.75) is 51.6 Å². The minimum Gasteiger partial charge on any atom is -0.443 e. The Morgan fingerprint density at radius 1 is 0.853 bits per heavy atom. The number of ether oxygens (including phenoxy) is 1. The first-order valence-electron chi connectivity index (χ1n) is 11.5. The van der Waals surface area contributed by atoms with E-state index in [-0.39, 0.29) is 18.6 Å². The molecule has 0 fully saturated rings. The molecule has 3 aromatic carbocycles. The number of rotatable bonds is 5. The van der Waals surface area contributed by atoms with Gasteiger partial charge in [0.25, 0.3) is 5.91 Å². The van der Waals surface area contributed by atoms with E-state index in [0.29, 0.717) is 11.3 Å². The van der Waals surface area contributed by atoms with Crippen LogP contribution >= 0.6 is 0 Å². The number of carbonyl (C=O) groups is 3. The van der Waals surface area contributed by atoms with Gasteiger partial charge in [0.2, 0.25) is 0 Å². The fraction of sp³-hybridized carbons (Fsp3) is 0.276. The molecule has 3 aromatic rings. The van der Waals surface area contributed by atoms with Crippen molar-refractivity contribution in [1.29, 1.82) is 0 Å². The molecule has 4 rings (SSSR count). The molecule has 5 heteroatoms. The predicted octanol–water partition coefficient (Wildman–Crippen LogP) is 6.29. The number of hydrogen-bond acceptors (Lipinski definition) is 4. The molecule has 1 aliphatic heterocycles. The molecular formula is C29H29NO4. The Morgan fingerprint density at radius 2 is 1.44 bits per heavy atom. The van der Waals surface area contributed by atoms with Crippen LogP contribution in [0.15, 0.2) is 78.9 Å². The number of imide groups is 1. The van der Waals surface area contributed by atoms with E-state index in [4.69, 9.17) is 4.74 Å². The normalized spacial score (nSPS) is 17.4. The number of nitrogens with zero attached hydrogens (tertiary/aromatic N) is 1. The molecule has 0 N–H and O–H groups in total. The van der Waals surface area contributed by atoms with Crippen LogP contribution in [0.4, 0.5) is 10.5 Å². The van der Waals surface area contributed by atoms with Gasteiger partial charge in [-0.05, 0) is 62.4 Å². The lowest BCUT2D eigenvalue weighted by Crippen LogP contribution is -2.46. The van der Waals surface area contributed by atoms with Crippen LogP contribution in [0.1, 0.15) is 51.7 Å². The van der Waals surface area contributed by atoms with Crippen molar-refractivity contribution in [2.24, 2.45) is 0 Å². The first kappa shape index (κ1) is 23.4. The molecule has 1 atom stereocenters. The van der Waals surface area contributed by atoms with Crippen LogP contribution in [0.3, 0.4) is 0 Å². The summed E-state index contributed by atoms with van der Waals surface area (Å²) in [6.45, 7) is 6.82. The minimum atomic E-state index is -1.16. The van der Waals surface area contributed by atoms with Crippen LogP contribution in [-0.4, -0.2) is 23.4 Å². The van der Waals surface area contributed by atoms with Gasteiger partial charge in [-0.1, -0.05) is 72.8 Å². The van der Waals surface area contributed by atoms with Gasteiger partial charge in [-0.25, -0.2) is 9.69 Å². The third-order valence-electron chi connectivity index (χ3n) is 6.09. The Balaban J connectivity index is 1.85. The Labute approximate surface area is 200 Å². The third kappa shape index (κ3) is 4.26. The van der Waals surface area contributed by atoms with E-state index >= 15 is 0 Å². The monoisotopic (exact) mass is 455 g/mol. The number of fused-ring (bicyclic) bond motifs is 1. The van der Waals surface area contributed by atoms with Crippen LogP contribution in [0.5, 0.6) is 0 Å². The Kier molecular flexibility index (Phi) is 6.13. The average Bonchev–Trinajstić information content (AvgIpc) is 3.06. The first-order valence-corrected chi connectivity index (χ1v) is 11.5. The second-order valence-electron chi connectivity index (χ2n) is 9.69. The summed E-state index contributed by atoms with van der Waals surface area (Å²) in [7, 11) is 0. The third-order valence-corrected chi connectivity index (χ3v) is 6.09. The summed E-state index contributed by atoms with van der Waals surface area (Å²) in [6, 6.07) is 25.1. The van der Waals surface area contributed by atoms with Gasteiger partial charge in [-0.15, -0.1) is 0 Å². The van der Waals surface area contributed by atoms with Crippen LogP contribution in [-0.2, 0) is 19.7 Å². The van der Waals surface area contributed by atoms with E-state index in [9.17, 15) is 14.4 Å². The number of ketones is 1. The Hall–Kier alpha value is -3.73. The van der Waals surface area contributed by atoms with E-state index < -0.39 is 23.0 Å². The predicted molar refractivity (Wildman–Crippen MR) is 133 cm³/mol. The lowest BCUT2D eigenvalue weighted by atomic mass is 9.71. The highest BCUT2D eigenvalue weighted by atomic mass is 16.6. The molecule has 34 heavy (non-hydrogen) atoms. The molecule has 0 spiro atoms. The first-order chi connectivity index (χ1) is 16.1. The molecule has 0 saturated heterocycles. The number of carbonyl (C=O) groups excluding carboxylic acids is 3. The summed E-state index contributed by atoms with van der Waals surface area (Å²) in [6.07, 6.45) is -0.235. The molecule has 0 bridgehead atoms. The standard InChI is InChI=1S/C29H29NO4/c1-20(31)18-19-29(23-16-14-22(15-17-23)21-10-6-5-7-11-21)24-12-8-9-13-25(24)30(26(29)32)27(33)34-28(2,3)4/h5-17H,18-19H2,1-4H3/t29-/m0/s1. The van der Waals surface area contributed by atoms with Gasteiger partial charge < -0.3 is 9.53 Å². The number of Topliss-reactive ketones (excluding diaryl/α,β-unsaturated/α-hetero) is 1. The van der Waals surface area contributed by atoms with Gasteiger partial charge in [0, 0.05) is 6.42 Å². The fourth-order valence-corrected chi connectivity index (χ4v) is 4.54. The van der Waals surface area contributed by atoms with Crippen molar-refractivity contribution < 1.29 is 19.1 Å². The second kappa shape index (κ2) is 8.90. The van der Waals surface area contributed by atoms with Gasteiger partial charge in [0.05, 0.1) is 5.69 Å². The van der Waals surface area contributed by atoms with Crippen LogP contribution < -0.4 is 4.90 Å². The molecule has 0 radical (unpaired) electrons.